The third kappa shape index (κ3) is 2.73. The highest BCUT2D eigenvalue weighted by atomic mass is 35.5. The van der Waals surface area contributed by atoms with Crippen LogP contribution in [0.3, 0.4) is 0 Å². The summed E-state index contributed by atoms with van der Waals surface area (Å²) in [6.07, 6.45) is 3.38. The molecule has 2 rings (SSSR count). The standard InChI is InChI=1S/C12H10Cl2N2O/c1-12(15-4-5-16-12)7-11(17)9-3-2-8(13)6-10(9)14/h2-6H,7H2,1H3. The van der Waals surface area contributed by atoms with E-state index >= 15 is 0 Å². The van der Waals surface area contributed by atoms with Crippen molar-refractivity contribution in [3.05, 3.63) is 33.8 Å². The van der Waals surface area contributed by atoms with E-state index in [2.05, 4.69) is 9.98 Å². The van der Waals surface area contributed by atoms with Crippen LogP contribution in [0, 0.1) is 0 Å². The Morgan fingerprint density at radius 2 is 1.94 bits per heavy atom. The monoisotopic (exact) mass is 268 g/mol. The van der Waals surface area contributed by atoms with Gasteiger partial charge in [-0.3, -0.25) is 14.8 Å². The van der Waals surface area contributed by atoms with E-state index in [0.29, 0.717) is 15.6 Å². The van der Waals surface area contributed by atoms with Crippen molar-refractivity contribution in [3.8, 4) is 0 Å². The zero-order chi connectivity index (χ0) is 12.5. The van der Waals surface area contributed by atoms with Gasteiger partial charge in [-0.15, -0.1) is 0 Å². The third-order valence-electron chi connectivity index (χ3n) is 2.50. The number of halogens is 2. The quantitative estimate of drug-likeness (QED) is 0.775. The first kappa shape index (κ1) is 12.3. The molecule has 17 heavy (non-hydrogen) atoms. The molecule has 0 unspecified atom stereocenters. The van der Waals surface area contributed by atoms with Crippen LogP contribution >= 0.6 is 23.2 Å². The van der Waals surface area contributed by atoms with Crippen LogP contribution in [0.2, 0.25) is 10.0 Å². The van der Waals surface area contributed by atoms with Gasteiger partial charge in [0.25, 0.3) is 0 Å². The number of hydrogen-bond donors (Lipinski definition) is 0. The molecule has 1 aliphatic heterocycles. The molecule has 0 saturated heterocycles. The molecule has 5 heteroatoms. The molecule has 0 fully saturated rings. The van der Waals surface area contributed by atoms with Gasteiger partial charge in [0.15, 0.2) is 11.4 Å². The maximum atomic E-state index is 12.1. The lowest BCUT2D eigenvalue weighted by Gasteiger charge is -2.16. The fraction of sp³-hybridized carbons (Fsp3) is 0.250. The van der Waals surface area contributed by atoms with E-state index in [0.717, 1.165) is 0 Å². The van der Waals surface area contributed by atoms with Gasteiger partial charge in [0.2, 0.25) is 0 Å². The molecular formula is C12H10Cl2N2O. The number of aliphatic imine (C=N–C) groups is 2. The van der Waals surface area contributed by atoms with Gasteiger partial charge in [-0.25, -0.2) is 0 Å². The van der Waals surface area contributed by atoms with Gasteiger partial charge in [-0.1, -0.05) is 23.2 Å². The van der Waals surface area contributed by atoms with E-state index in [4.69, 9.17) is 23.2 Å². The second kappa shape index (κ2) is 4.59. The van der Waals surface area contributed by atoms with Crippen LogP contribution in [0.1, 0.15) is 23.7 Å². The summed E-state index contributed by atoms with van der Waals surface area (Å²) in [5.41, 5.74) is -0.241. The minimum atomic E-state index is -0.694. The van der Waals surface area contributed by atoms with Gasteiger partial charge < -0.3 is 0 Å². The topological polar surface area (TPSA) is 41.8 Å². The molecule has 0 amide bonds. The van der Waals surface area contributed by atoms with Crippen molar-refractivity contribution in [3.63, 3.8) is 0 Å². The number of ketones is 1. The Labute approximate surface area is 109 Å². The van der Waals surface area contributed by atoms with Crippen molar-refractivity contribution in [1.29, 1.82) is 0 Å². The average molecular weight is 269 g/mol. The van der Waals surface area contributed by atoms with Crippen molar-refractivity contribution in [2.24, 2.45) is 9.98 Å². The van der Waals surface area contributed by atoms with Crippen LogP contribution in [0.25, 0.3) is 0 Å². The number of rotatable bonds is 3. The minimum Gasteiger partial charge on any atom is -0.294 e. The summed E-state index contributed by atoms with van der Waals surface area (Å²) < 4.78 is 0. The molecule has 0 radical (unpaired) electrons. The van der Waals surface area contributed by atoms with Crippen LogP contribution < -0.4 is 0 Å². The highest BCUT2D eigenvalue weighted by Gasteiger charge is 2.27. The Bertz CT molecular complexity index is 511. The molecule has 0 bridgehead atoms. The molecule has 1 aliphatic rings. The van der Waals surface area contributed by atoms with Crippen LogP contribution in [0.5, 0.6) is 0 Å². The number of Topliss-reactive ketones (excluding diaryl/α,β-unsaturated/α-hetero) is 1. The third-order valence-corrected chi connectivity index (χ3v) is 3.05. The van der Waals surface area contributed by atoms with Gasteiger partial charge in [0.05, 0.1) is 11.4 Å². The van der Waals surface area contributed by atoms with Crippen LogP contribution in [0.15, 0.2) is 28.2 Å². The number of benzene rings is 1. The SMILES string of the molecule is CC1(CC(=O)c2ccc(Cl)cc2Cl)N=CC=N1. The maximum absolute atomic E-state index is 12.1. The highest BCUT2D eigenvalue weighted by Crippen LogP contribution is 2.26. The Morgan fingerprint density at radius 3 is 2.53 bits per heavy atom. The second-order valence-electron chi connectivity index (χ2n) is 4.00. The van der Waals surface area contributed by atoms with Crippen molar-refractivity contribution in [1.82, 2.24) is 0 Å². The molecule has 3 nitrogen and oxygen atoms in total. The number of carbonyl (C=O) groups is 1. The summed E-state index contributed by atoms with van der Waals surface area (Å²) in [4.78, 5) is 20.3. The van der Waals surface area contributed by atoms with Crippen molar-refractivity contribution in [2.75, 3.05) is 0 Å². The van der Waals surface area contributed by atoms with Gasteiger partial charge >= 0.3 is 0 Å². The second-order valence-corrected chi connectivity index (χ2v) is 4.84. The summed E-state index contributed by atoms with van der Waals surface area (Å²) in [5.74, 6) is -0.0923. The summed E-state index contributed by atoms with van der Waals surface area (Å²) in [6.45, 7) is 1.80. The van der Waals surface area contributed by atoms with E-state index in [9.17, 15) is 4.79 Å². The zero-order valence-corrected chi connectivity index (χ0v) is 10.7. The molecule has 0 atom stereocenters. The molecule has 1 aromatic carbocycles. The molecule has 0 aromatic heterocycles. The lowest BCUT2D eigenvalue weighted by Crippen LogP contribution is -2.21. The van der Waals surface area contributed by atoms with E-state index in [-0.39, 0.29) is 12.2 Å². The smallest absolute Gasteiger partial charge is 0.168 e. The van der Waals surface area contributed by atoms with E-state index in [1.807, 2.05) is 0 Å². The van der Waals surface area contributed by atoms with E-state index in [1.165, 1.54) is 0 Å². The Hall–Kier alpha value is -1.19. The lowest BCUT2D eigenvalue weighted by atomic mass is 10.0. The molecule has 1 heterocycles. The molecular weight excluding hydrogens is 259 g/mol. The van der Waals surface area contributed by atoms with Gasteiger partial charge in [-0.05, 0) is 25.1 Å². The van der Waals surface area contributed by atoms with Gasteiger partial charge in [0, 0.05) is 23.0 Å². The van der Waals surface area contributed by atoms with Crippen molar-refractivity contribution >= 4 is 41.4 Å². The Morgan fingerprint density at radius 1 is 1.29 bits per heavy atom. The Balaban J connectivity index is 2.20. The fourth-order valence-corrected chi connectivity index (χ4v) is 2.14. The van der Waals surface area contributed by atoms with E-state index < -0.39 is 5.66 Å². The number of carbonyl (C=O) groups excluding carboxylic acids is 1. The molecule has 0 spiro atoms. The van der Waals surface area contributed by atoms with Gasteiger partial charge in [-0.2, -0.15) is 0 Å². The highest BCUT2D eigenvalue weighted by molar-refractivity contribution is 6.36. The summed E-state index contributed by atoms with van der Waals surface area (Å²) in [5, 5.41) is 0.867. The first-order chi connectivity index (χ1) is 8.00. The summed E-state index contributed by atoms with van der Waals surface area (Å²) in [7, 11) is 0. The summed E-state index contributed by atoms with van der Waals surface area (Å²) >= 11 is 11.7. The van der Waals surface area contributed by atoms with Crippen molar-refractivity contribution in [2.45, 2.75) is 19.0 Å². The predicted molar refractivity (Wildman–Crippen MR) is 70.8 cm³/mol. The predicted octanol–water partition coefficient (Wildman–Crippen LogP) is 3.44. The lowest BCUT2D eigenvalue weighted by molar-refractivity contribution is 0.0959. The number of nitrogens with zero attached hydrogens (tertiary/aromatic N) is 2. The largest absolute Gasteiger partial charge is 0.294 e. The van der Waals surface area contributed by atoms with Crippen molar-refractivity contribution < 1.29 is 4.79 Å². The number of hydrogen-bond acceptors (Lipinski definition) is 3. The first-order valence-electron chi connectivity index (χ1n) is 5.07. The molecule has 0 N–H and O–H groups in total. The Kier molecular flexibility index (Phi) is 3.31. The van der Waals surface area contributed by atoms with E-state index in [1.54, 1.807) is 37.6 Å². The molecule has 1 aromatic rings. The maximum Gasteiger partial charge on any atom is 0.168 e. The molecule has 0 aliphatic carbocycles. The van der Waals surface area contributed by atoms with Gasteiger partial charge in [0.1, 0.15) is 0 Å². The first-order valence-corrected chi connectivity index (χ1v) is 5.83. The fourth-order valence-electron chi connectivity index (χ4n) is 1.63. The summed E-state index contributed by atoms with van der Waals surface area (Å²) in [6, 6.07) is 4.82. The molecule has 0 saturated carbocycles. The van der Waals surface area contributed by atoms with Crippen LogP contribution in [-0.2, 0) is 0 Å². The molecule has 88 valence electrons. The van der Waals surface area contributed by atoms with Crippen LogP contribution in [-0.4, -0.2) is 23.9 Å². The zero-order valence-electron chi connectivity index (χ0n) is 9.15. The van der Waals surface area contributed by atoms with Crippen LogP contribution in [0.4, 0.5) is 0 Å². The normalized spacial score (nSPS) is 16.4. The average Bonchev–Trinajstić information content (AvgIpc) is 2.64. The minimum absolute atomic E-state index is 0.0923.